The van der Waals surface area contributed by atoms with Crippen LogP contribution in [-0.4, -0.2) is 28.5 Å². The number of ether oxygens (including phenoxy) is 1. The molecule has 1 aliphatic rings. The molecule has 0 N–H and O–H groups in total. The highest BCUT2D eigenvalue weighted by molar-refractivity contribution is 7.21. The molecule has 7 heteroatoms. The third-order valence-corrected chi connectivity index (χ3v) is 9.06. The molecule has 0 aliphatic carbocycles. The van der Waals surface area contributed by atoms with Gasteiger partial charge in [0.25, 0.3) is 0 Å². The Labute approximate surface area is 276 Å². The lowest BCUT2D eigenvalue weighted by molar-refractivity contribution is 0.256. The summed E-state index contributed by atoms with van der Waals surface area (Å²) in [4.78, 5) is 16.5. The van der Waals surface area contributed by atoms with Crippen molar-refractivity contribution in [3.8, 4) is 22.0 Å². The molecule has 0 spiro atoms. The van der Waals surface area contributed by atoms with Crippen LogP contribution in [0.5, 0.6) is 0 Å². The fourth-order valence-corrected chi connectivity index (χ4v) is 6.58. The van der Waals surface area contributed by atoms with Gasteiger partial charge in [0.1, 0.15) is 16.6 Å². The lowest BCUT2D eigenvalue weighted by Gasteiger charge is -2.26. The largest absolute Gasteiger partial charge is 0.470 e. The molecule has 3 heterocycles. The predicted octanol–water partition coefficient (Wildman–Crippen LogP) is 10.5. The number of aliphatic imine (C=N–C) groups is 1. The Hall–Kier alpha value is -5.79. The van der Waals surface area contributed by atoms with E-state index in [-0.39, 0.29) is 6.10 Å². The molecule has 5 aromatic carbocycles. The molecule has 6 nitrogen and oxygen atoms in total. The summed E-state index contributed by atoms with van der Waals surface area (Å²) in [5.74, 6) is 1.23. The van der Waals surface area contributed by atoms with Crippen molar-refractivity contribution in [2.75, 3.05) is 11.4 Å². The molecule has 1 atom stereocenters. The topological polar surface area (TPSA) is 63.8 Å². The van der Waals surface area contributed by atoms with Crippen LogP contribution < -0.4 is 4.90 Å². The van der Waals surface area contributed by atoms with E-state index in [1.165, 1.54) is 4.70 Å². The number of allylic oxidation sites excluding steroid dienone is 2. The van der Waals surface area contributed by atoms with Gasteiger partial charge in [-0.2, -0.15) is 0 Å². The van der Waals surface area contributed by atoms with Crippen LogP contribution >= 0.6 is 11.3 Å². The van der Waals surface area contributed by atoms with Crippen LogP contribution in [0.1, 0.15) is 12.5 Å². The Morgan fingerprint density at radius 2 is 1.30 bits per heavy atom. The first-order chi connectivity index (χ1) is 23.2. The van der Waals surface area contributed by atoms with Gasteiger partial charge in [-0.15, -0.1) is 11.3 Å². The number of benzene rings is 5. The van der Waals surface area contributed by atoms with E-state index in [9.17, 15) is 0 Å². The molecular weight excluding hydrogens is 601 g/mol. The van der Waals surface area contributed by atoms with Crippen molar-refractivity contribution in [3.05, 3.63) is 151 Å². The molecule has 8 rings (SSSR count). The maximum Gasteiger partial charge on any atom is 0.227 e. The van der Waals surface area contributed by atoms with Crippen LogP contribution in [-0.2, 0) is 4.74 Å². The number of nitrogens with zero attached hydrogens (tertiary/aromatic N) is 4. The van der Waals surface area contributed by atoms with Gasteiger partial charge in [-0.3, -0.25) is 0 Å². The molecular formula is C40H30N4O2S. The number of aromatic nitrogens is 2. The summed E-state index contributed by atoms with van der Waals surface area (Å²) in [6.07, 6.45) is 7.97. The van der Waals surface area contributed by atoms with E-state index < -0.39 is 0 Å². The lowest BCUT2D eigenvalue weighted by Crippen LogP contribution is -2.15. The first-order valence-electron chi connectivity index (χ1n) is 15.5. The lowest BCUT2D eigenvalue weighted by atomic mass is 10.1. The fraction of sp³-hybridized carbons (Fsp3) is 0.0750. The van der Waals surface area contributed by atoms with Crippen molar-refractivity contribution in [3.63, 3.8) is 0 Å². The highest BCUT2D eigenvalue weighted by Gasteiger charge is 2.17. The van der Waals surface area contributed by atoms with Crippen molar-refractivity contribution >= 4 is 55.6 Å². The molecule has 0 amide bonds. The van der Waals surface area contributed by atoms with Gasteiger partial charge in [0.15, 0.2) is 5.58 Å². The third kappa shape index (κ3) is 5.96. The van der Waals surface area contributed by atoms with Crippen LogP contribution in [0.2, 0.25) is 0 Å². The van der Waals surface area contributed by atoms with Crippen molar-refractivity contribution in [1.29, 1.82) is 0 Å². The van der Waals surface area contributed by atoms with Crippen molar-refractivity contribution in [1.82, 2.24) is 9.97 Å². The summed E-state index contributed by atoms with van der Waals surface area (Å²) in [6, 6.07) is 41.3. The molecule has 228 valence electrons. The molecule has 2 aromatic heterocycles. The Balaban J connectivity index is 1.15. The van der Waals surface area contributed by atoms with Gasteiger partial charge in [0.2, 0.25) is 11.8 Å². The number of thiazole rings is 1. The molecule has 0 bridgehead atoms. The minimum absolute atomic E-state index is 0.0821. The molecule has 0 radical (unpaired) electrons. The van der Waals surface area contributed by atoms with Crippen LogP contribution in [0.4, 0.5) is 17.1 Å². The van der Waals surface area contributed by atoms with Gasteiger partial charge in [0, 0.05) is 33.8 Å². The second-order valence-corrected chi connectivity index (χ2v) is 12.3. The second-order valence-electron chi connectivity index (χ2n) is 11.2. The molecule has 7 aromatic rings. The van der Waals surface area contributed by atoms with E-state index in [1.807, 2.05) is 61.6 Å². The number of hydrogen-bond donors (Lipinski definition) is 0. The van der Waals surface area contributed by atoms with E-state index in [0.29, 0.717) is 18.3 Å². The summed E-state index contributed by atoms with van der Waals surface area (Å²) in [7, 11) is 0. The predicted molar refractivity (Wildman–Crippen MR) is 193 cm³/mol. The Bertz CT molecular complexity index is 2080. The summed E-state index contributed by atoms with van der Waals surface area (Å²) < 4.78 is 13.4. The van der Waals surface area contributed by atoms with Gasteiger partial charge < -0.3 is 14.1 Å². The normalized spacial score (nSPS) is 16.1. The number of hydrogen-bond acceptors (Lipinski definition) is 7. The standard InChI is InChI=1S/C40H30N4O2S/c1-27-9-3-2-8-26-41-38(45-27)28-14-20-31(21-15-28)44(32-22-16-29(17-23-32)39-42-34-10-4-6-12-36(34)46-39)33-24-18-30(19-25-33)40-43-35-11-5-7-13-37(35)47-40/h2-25,27H,26H2,1H3/b8-2-,9-3-,41-38?. The highest BCUT2D eigenvalue weighted by atomic mass is 32.1. The molecule has 47 heavy (non-hydrogen) atoms. The summed E-state index contributed by atoms with van der Waals surface area (Å²) >= 11 is 1.71. The summed E-state index contributed by atoms with van der Waals surface area (Å²) in [5, 5.41) is 1.01. The van der Waals surface area contributed by atoms with Gasteiger partial charge in [-0.05, 0) is 110 Å². The molecule has 0 saturated heterocycles. The van der Waals surface area contributed by atoms with Crippen LogP contribution in [0.3, 0.4) is 0 Å². The zero-order chi connectivity index (χ0) is 31.6. The van der Waals surface area contributed by atoms with E-state index in [1.54, 1.807) is 11.3 Å². The molecule has 0 saturated carbocycles. The average Bonchev–Trinajstić information content (AvgIpc) is 3.77. The quantitative estimate of drug-likeness (QED) is 0.183. The second kappa shape index (κ2) is 12.5. The zero-order valence-electron chi connectivity index (χ0n) is 25.7. The molecule has 1 aliphatic heterocycles. The van der Waals surface area contributed by atoms with Crippen LogP contribution in [0, 0.1) is 0 Å². The Morgan fingerprint density at radius 3 is 2.00 bits per heavy atom. The summed E-state index contributed by atoms with van der Waals surface area (Å²) in [5.41, 5.74) is 8.61. The first-order valence-corrected chi connectivity index (χ1v) is 16.4. The van der Waals surface area contributed by atoms with Gasteiger partial charge in [0.05, 0.1) is 16.8 Å². The van der Waals surface area contributed by atoms with E-state index >= 15 is 0 Å². The first kappa shape index (κ1) is 28.7. The summed E-state index contributed by atoms with van der Waals surface area (Å²) in [6.45, 7) is 2.58. The highest BCUT2D eigenvalue weighted by Crippen LogP contribution is 2.38. The zero-order valence-corrected chi connectivity index (χ0v) is 26.5. The monoisotopic (exact) mass is 630 g/mol. The number of anilines is 3. The Morgan fingerprint density at radius 1 is 0.660 bits per heavy atom. The maximum atomic E-state index is 6.17. The molecule has 1 unspecified atom stereocenters. The van der Waals surface area contributed by atoms with Gasteiger partial charge in [-0.25, -0.2) is 15.0 Å². The third-order valence-electron chi connectivity index (χ3n) is 7.97. The van der Waals surface area contributed by atoms with E-state index in [2.05, 4.69) is 101 Å². The number of rotatable bonds is 6. The van der Waals surface area contributed by atoms with Gasteiger partial charge in [-0.1, -0.05) is 42.5 Å². The van der Waals surface area contributed by atoms with E-state index in [0.717, 1.165) is 55.4 Å². The minimum Gasteiger partial charge on any atom is -0.470 e. The SMILES string of the molecule is CC1/C=C\C=C/CN=C(c2ccc(N(c3ccc(-c4nc5ccccc5o4)cc3)c3ccc(-c4nc5ccccc5s4)cc3)cc2)O1. The van der Waals surface area contributed by atoms with Crippen molar-refractivity contribution in [2.24, 2.45) is 4.99 Å². The van der Waals surface area contributed by atoms with Gasteiger partial charge >= 0.3 is 0 Å². The number of oxazole rings is 1. The van der Waals surface area contributed by atoms with Crippen molar-refractivity contribution in [2.45, 2.75) is 13.0 Å². The minimum atomic E-state index is -0.0821. The van der Waals surface area contributed by atoms with Crippen LogP contribution in [0.25, 0.3) is 43.3 Å². The number of fused-ring (bicyclic) bond motifs is 2. The molecule has 0 fully saturated rings. The average molecular weight is 631 g/mol. The van der Waals surface area contributed by atoms with Crippen LogP contribution in [0.15, 0.2) is 155 Å². The Kier molecular flexibility index (Phi) is 7.65. The number of para-hydroxylation sites is 3. The van der Waals surface area contributed by atoms with E-state index in [4.69, 9.17) is 19.1 Å². The fourth-order valence-electron chi connectivity index (χ4n) is 5.61. The van der Waals surface area contributed by atoms with Crippen molar-refractivity contribution < 1.29 is 9.15 Å². The smallest absolute Gasteiger partial charge is 0.227 e. The maximum absolute atomic E-state index is 6.17.